The molecule has 0 saturated heterocycles. The first-order valence-electron chi connectivity index (χ1n) is 4.05. The molecule has 0 aliphatic rings. The molecule has 11 heteroatoms. The van der Waals surface area contributed by atoms with Crippen LogP contribution < -0.4 is 10.6 Å². The number of sulfone groups is 1. The van der Waals surface area contributed by atoms with E-state index in [1.54, 1.807) is 0 Å². The number of nitrogens with zero attached hydrogens (tertiary/aromatic N) is 3. The van der Waals surface area contributed by atoms with E-state index < -0.39 is 31.9 Å². The third-order valence-electron chi connectivity index (χ3n) is 1.59. The zero-order valence-corrected chi connectivity index (χ0v) is 10.2. The molecule has 0 aliphatic heterocycles. The van der Waals surface area contributed by atoms with E-state index in [2.05, 4.69) is 10.2 Å². The van der Waals surface area contributed by atoms with Gasteiger partial charge in [-0.25, -0.2) is 13.2 Å². The lowest BCUT2D eigenvalue weighted by molar-refractivity contribution is -0.134. The molecule has 1 aromatic rings. The Kier molecular flexibility index (Phi) is 3.63. The molecule has 0 radical (unpaired) electrons. The Morgan fingerprint density at radius 2 is 2.06 bits per heavy atom. The molecule has 0 unspecified atom stereocenters. The van der Waals surface area contributed by atoms with Crippen LogP contribution in [0.4, 0.5) is 9.93 Å². The lowest BCUT2D eigenvalue weighted by Gasteiger charge is -2.07. The molecule has 1 heterocycles. The molecule has 1 aromatic heterocycles. The molecule has 0 bridgehead atoms. The summed E-state index contributed by atoms with van der Waals surface area (Å²) >= 11 is 0.570. The molecule has 9 nitrogen and oxygen atoms in total. The van der Waals surface area contributed by atoms with Gasteiger partial charge in [-0.1, -0.05) is 11.3 Å². The van der Waals surface area contributed by atoms with Gasteiger partial charge in [0.15, 0.2) is 5.75 Å². The average molecular weight is 280 g/mol. The molecule has 0 fully saturated rings. The van der Waals surface area contributed by atoms with Gasteiger partial charge in [-0.15, -0.1) is 10.2 Å². The summed E-state index contributed by atoms with van der Waals surface area (Å²) in [6, 6.07) is -0.830. The smallest absolute Gasteiger partial charge is 0.320 e. The van der Waals surface area contributed by atoms with Crippen molar-refractivity contribution in [2.45, 2.75) is 4.34 Å². The Bertz CT molecular complexity index is 551. The number of rotatable bonds is 4. The van der Waals surface area contributed by atoms with Crippen molar-refractivity contribution >= 4 is 38.3 Å². The summed E-state index contributed by atoms with van der Waals surface area (Å²) in [4.78, 5) is 22.0. The SMILES string of the molecule is CN(C(N)=O)c1nnc(S(=O)(=O)CC(=O)O)s1. The highest BCUT2D eigenvalue weighted by Gasteiger charge is 2.25. The number of hydrogen-bond acceptors (Lipinski definition) is 7. The van der Waals surface area contributed by atoms with Crippen molar-refractivity contribution in [3.05, 3.63) is 0 Å². The largest absolute Gasteiger partial charge is 0.480 e. The van der Waals surface area contributed by atoms with Crippen LogP contribution in [-0.4, -0.2) is 48.5 Å². The van der Waals surface area contributed by atoms with Crippen LogP contribution in [0.25, 0.3) is 0 Å². The zero-order chi connectivity index (χ0) is 13.2. The Hall–Kier alpha value is -1.75. The summed E-state index contributed by atoms with van der Waals surface area (Å²) in [5, 5.41) is 15.1. The van der Waals surface area contributed by atoms with Crippen LogP contribution in [0.1, 0.15) is 0 Å². The second-order valence-corrected chi connectivity index (χ2v) is 6.02. The topological polar surface area (TPSA) is 144 Å². The Balaban J connectivity index is 3.03. The Morgan fingerprint density at radius 3 is 2.53 bits per heavy atom. The van der Waals surface area contributed by atoms with Crippen LogP contribution >= 0.6 is 11.3 Å². The Morgan fingerprint density at radius 1 is 1.47 bits per heavy atom. The lowest BCUT2D eigenvalue weighted by Crippen LogP contribution is -2.31. The monoisotopic (exact) mass is 280 g/mol. The van der Waals surface area contributed by atoms with Gasteiger partial charge >= 0.3 is 12.0 Å². The standard InChI is InChI=1S/C6H8N4O5S2/c1-10(4(7)13)5-8-9-6(16-5)17(14,15)2-3(11)12/h2H2,1H3,(H2,7,13)(H,11,12). The summed E-state index contributed by atoms with van der Waals surface area (Å²) in [5.74, 6) is -2.58. The van der Waals surface area contributed by atoms with Crippen LogP contribution in [0.2, 0.25) is 0 Å². The Labute approximate surface area is 99.8 Å². The van der Waals surface area contributed by atoms with E-state index in [1.165, 1.54) is 7.05 Å². The van der Waals surface area contributed by atoms with Gasteiger partial charge in [-0.3, -0.25) is 9.69 Å². The van der Waals surface area contributed by atoms with Gasteiger partial charge in [0, 0.05) is 7.05 Å². The second-order valence-electron chi connectivity index (χ2n) is 2.90. The van der Waals surface area contributed by atoms with E-state index in [4.69, 9.17) is 10.8 Å². The third-order valence-corrected chi connectivity index (χ3v) is 4.64. The fraction of sp³-hybridized carbons (Fsp3) is 0.333. The molecular weight excluding hydrogens is 272 g/mol. The average Bonchev–Trinajstić information content (AvgIpc) is 2.63. The summed E-state index contributed by atoms with van der Waals surface area (Å²) in [6.45, 7) is 0. The van der Waals surface area contributed by atoms with Crippen LogP contribution in [0, 0.1) is 0 Å². The van der Waals surface area contributed by atoms with Crippen LogP contribution in [0.3, 0.4) is 0 Å². The predicted molar refractivity (Wildman–Crippen MR) is 57.6 cm³/mol. The molecule has 0 spiro atoms. The van der Waals surface area contributed by atoms with E-state index >= 15 is 0 Å². The number of carboxylic acid groups (broad SMARTS) is 1. The highest BCUT2D eigenvalue weighted by atomic mass is 32.2. The molecule has 3 N–H and O–H groups in total. The molecule has 0 aliphatic carbocycles. The first-order chi connectivity index (χ1) is 7.74. The van der Waals surface area contributed by atoms with Crippen LogP contribution in [0.15, 0.2) is 4.34 Å². The van der Waals surface area contributed by atoms with Crippen LogP contribution in [0.5, 0.6) is 0 Å². The number of urea groups is 1. The molecular formula is C6H8N4O5S2. The van der Waals surface area contributed by atoms with E-state index in [0.717, 1.165) is 4.90 Å². The molecule has 94 valence electrons. The number of carbonyl (C=O) groups is 2. The van der Waals surface area contributed by atoms with Crippen molar-refractivity contribution in [2.75, 3.05) is 17.7 Å². The maximum atomic E-state index is 11.4. The van der Waals surface area contributed by atoms with Crippen molar-refractivity contribution in [2.24, 2.45) is 5.73 Å². The van der Waals surface area contributed by atoms with Crippen molar-refractivity contribution < 1.29 is 23.1 Å². The fourth-order valence-electron chi connectivity index (χ4n) is 0.782. The van der Waals surface area contributed by atoms with Gasteiger partial charge in [0.05, 0.1) is 0 Å². The van der Waals surface area contributed by atoms with Crippen LogP contribution in [-0.2, 0) is 14.6 Å². The van der Waals surface area contributed by atoms with Crippen molar-refractivity contribution in [1.29, 1.82) is 0 Å². The molecule has 17 heavy (non-hydrogen) atoms. The zero-order valence-electron chi connectivity index (χ0n) is 8.52. The minimum Gasteiger partial charge on any atom is -0.480 e. The predicted octanol–water partition coefficient (Wildman–Crippen LogP) is -1.09. The summed E-state index contributed by atoms with van der Waals surface area (Å²) < 4.78 is 22.4. The number of primary amides is 1. The van der Waals surface area contributed by atoms with E-state index in [9.17, 15) is 18.0 Å². The fourth-order valence-corrected chi connectivity index (χ4v) is 2.85. The minimum absolute atomic E-state index is 0.0264. The number of aliphatic carboxylic acids is 1. The van der Waals surface area contributed by atoms with Gasteiger partial charge < -0.3 is 10.8 Å². The summed E-state index contributed by atoms with van der Waals surface area (Å²) in [5.41, 5.74) is 4.95. The third kappa shape index (κ3) is 3.10. The van der Waals surface area contributed by atoms with Crippen molar-refractivity contribution in [3.63, 3.8) is 0 Å². The quantitative estimate of drug-likeness (QED) is 0.667. The summed E-state index contributed by atoms with van der Waals surface area (Å²) in [6.07, 6.45) is 0. The number of amides is 2. The van der Waals surface area contributed by atoms with Crippen molar-refractivity contribution in [1.82, 2.24) is 10.2 Å². The van der Waals surface area contributed by atoms with Gasteiger partial charge in [-0.05, 0) is 0 Å². The normalized spacial score (nSPS) is 11.1. The van der Waals surface area contributed by atoms with E-state index in [0.29, 0.717) is 11.3 Å². The number of anilines is 1. The van der Waals surface area contributed by atoms with Crippen molar-refractivity contribution in [3.8, 4) is 0 Å². The number of carboxylic acids is 1. The number of aromatic nitrogens is 2. The first kappa shape index (κ1) is 13.3. The van der Waals surface area contributed by atoms with Gasteiger partial charge in [0.25, 0.3) is 0 Å². The number of nitrogens with two attached hydrogens (primary N) is 1. The second kappa shape index (κ2) is 4.63. The maximum Gasteiger partial charge on any atom is 0.320 e. The van der Waals surface area contributed by atoms with Gasteiger partial charge in [0.1, 0.15) is 0 Å². The highest BCUT2D eigenvalue weighted by Crippen LogP contribution is 2.23. The maximum absolute atomic E-state index is 11.4. The number of hydrogen-bond donors (Lipinski definition) is 2. The molecule has 0 atom stereocenters. The molecule has 0 saturated carbocycles. The van der Waals surface area contributed by atoms with Gasteiger partial charge in [-0.2, -0.15) is 0 Å². The minimum atomic E-state index is -4.03. The van der Waals surface area contributed by atoms with Gasteiger partial charge in [0.2, 0.25) is 19.3 Å². The van der Waals surface area contributed by atoms with E-state index in [1.807, 2.05) is 0 Å². The molecule has 0 aromatic carbocycles. The van der Waals surface area contributed by atoms with E-state index in [-0.39, 0.29) is 5.13 Å². The molecule has 1 rings (SSSR count). The lowest BCUT2D eigenvalue weighted by atomic mass is 10.8. The molecule has 2 amide bonds. The highest BCUT2D eigenvalue weighted by molar-refractivity contribution is 7.94. The summed E-state index contributed by atoms with van der Waals surface area (Å²) in [7, 11) is -2.74. The number of carbonyl (C=O) groups excluding carboxylic acids is 1. The first-order valence-corrected chi connectivity index (χ1v) is 6.52.